The van der Waals surface area contributed by atoms with Gasteiger partial charge in [0.2, 0.25) is 0 Å². The van der Waals surface area contributed by atoms with E-state index in [2.05, 4.69) is 14.9 Å². The molecular weight excluding hydrogens is 204 g/mol. The standard InChI is InChI=1S/C11H18N4O/c1-11(16)3-2-7-15(8-4-11)10-9(12)13-5-6-14-10/h5-6,16H,2-4,7-8H2,1H3,(H2,12,13). The van der Waals surface area contributed by atoms with Gasteiger partial charge in [0, 0.05) is 25.5 Å². The van der Waals surface area contributed by atoms with Gasteiger partial charge in [-0.3, -0.25) is 0 Å². The second-order valence-electron chi connectivity index (χ2n) is 4.60. The third kappa shape index (κ3) is 2.41. The first-order chi connectivity index (χ1) is 7.58. The van der Waals surface area contributed by atoms with Gasteiger partial charge in [0.05, 0.1) is 5.60 Å². The van der Waals surface area contributed by atoms with Crippen LogP contribution in [0.1, 0.15) is 26.2 Å². The molecule has 1 atom stereocenters. The molecule has 1 aliphatic heterocycles. The van der Waals surface area contributed by atoms with Gasteiger partial charge in [-0.2, -0.15) is 0 Å². The highest BCUT2D eigenvalue weighted by molar-refractivity contribution is 5.57. The van der Waals surface area contributed by atoms with E-state index in [4.69, 9.17) is 5.73 Å². The van der Waals surface area contributed by atoms with Gasteiger partial charge in [-0.15, -0.1) is 0 Å². The number of hydrogen-bond acceptors (Lipinski definition) is 5. The van der Waals surface area contributed by atoms with Gasteiger partial charge in [0.25, 0.3) is 0 Å². The molecule has 3 N–H and O–H groups in total. The van der Waals surface area contributed by atoms with Crippen LogP contribution in [-0.2, 0) is 0 Å². The van der Waals surface area contributed by atoms with E-state index >= 15 is 0 Å². The van der Waals surface area contributed by atoms with E-state index in [-0.39, 0.29) is 0 Å². The Kier molecular flexibility index (Phi) is 2.96. The molecule has 0 spiro atoms. The van der Waals surface area contributed by atoms with Crippen molar-refractivity contribution in [2.75, 3.05) is 23.7 Å². The molecule has 0 amide bonds. The normalized spacial score (nSPS) is 26.5. The zero-order chi connectivity index (χ0) is 11.6. The third-order valence-corrected chi connectivity index (χ3v) is 3.07. The lowest BCUT2D eigenvalue weighted by Gasteiger charge is -2.23. The van der Waals surface area contributed by atoms with Crippen molar-refractivity contribution in [1.29, 1.82) is 0 Å². The van der Waals surface area contributed by atoms with Crippen LogP contribution in [0, 0.1) is 0 Å². The van der Waals surface area contributed by atoms with E-state index in [1.165, 1.54) is 0 Å². The van der Waals surface area contributed by atoms with Crippen LogP contribution >= 0.6 is 0 Å². The van der Waals surface area contributed by atoms with Gasteiger partial charge < -0.3 is 15.7 Å². The number of aromatic nitrogens is 2. The molecule has 1 aliphatic rings. The lowest BCUT2D eigenvalue weighted by Crippen LogP contribution is -2.29. The van der Waals surface area contributed by atoms with Crippen molar-refractivity contribution in [3.05, 3.63) is 12.4 Å². The average molecular weight is 222 g/mol. The number of rotatable bonds is 1. The fourth-order valence-electron chi connectivity index (χ4n) is 2.06. The fraction of sp³-hybridized carbons (Fsp3) is 0.636. The molecule has 2 rings (SSSR count). The Bertz CT molecular complexity index is 367. The summed E-state index contributed by atoms with van der Waals surface area (Å²) >= 11 is 0. The van der Waals surface area contributed by atoms with Crippen molar-refractivity contribution in [3.8, 4) is 0 Å². The van der Waals surface area contributed by atoms with E-state index in [1.807, 2.05) is 6.92 Å². The first-order valence-corrected chi connectivity index (χ1v) is 5.62. The van der Waals surface area contributed by atoms with Crippen LogP contribution in [0.2, 0.25) is 0 Å². The highest BCUT2D eigenvalue weighted by Gasteiger charge is 2.26. The first-order valence-electron chi connectivity index (χ1n) is 5.62. The molecule has 1 fully saturated rings. The Morgan fingerprint density at radius 2 is 2.06 bits per heavy atom. The third-order valence-electron chi connectivity index (χ3n) is 3.07. The molecule has 5 nitrogen and oxygen atoms in total. The van der Waals surface area contributed by atoms with Crippen LogP contribution < -0.4 is 10.6 Å². The van der Waals surface area contributed by atoms with Crippen LogP contribution in [0.3, 0.4) is 0 Å². The predicted octanol–water partition coefficient (Wildman–Crippen LogP) is 0.800. The summed E-state index contributed by atoms with van der Waals surface area (Å²) in [7, 11) is 0. The quantitative estimate of drug-likeness (QED) is 0.735. The van der Waals surface area contributed by atoms with E-state index in [0.29, 0.717) is 5.82 Å². The fourth-order valence-corrected chi connectivity index (χ4v) is 2.06. The summed E-state index contributed by atoms with van der Waals surface area (Å²) in [5.74, 6) is 1.20. The average Bonchev–Trinajstić information content (AvgIpc) is 2.40. The molecular formula is C11H18N4O. The predicted molar refractivity (Wildman–Crippen MR) is 63.1 cm³/mol. The lowest BCUT2D eigenvalue weighted by atomic mass is 9.98. The smallest absolute Gasteiger partial charge is 0.171 e. The molecule has 0 radical (unpaired) electrons. The minimum Gasteiger partial charge on any atom is -0.390 e. The van der Waals surface area contributed by atoms with Gasteiger partial charge in [-0.25, -0.2) is 9.97 Å². The molecule has 0 aliphatic carbocycles. The summed E-state index contributed by atoms with van der Waals surface area (Å²) in [4.78, 5) is 10.4. The maximum absolute atomic E-state index is 9.99. The molecule has 0 aromatic carbocycles. The maximum atomic E-state index is 9.99. The van der Waals surface area contributed by atoms with Gasteiger partial charge in [-0.05, 0) is 26.2 Å². The number of nitrogens with zero attached hydrogens (tertiary/aromatic N) is 3. The van der Waals surface area contributed by atoms with Crippen molar-refractivity contribution >= 4 is 11.6 Å². The zero-order valence-electron chi connectivity index (χ0n) is 9.56. The highest BCUT2D eigenvalue weighted by atomic mass is 16.3. The summed E-state index contributed by atoms with van der Waals surface area (Å²) in [6.07, 6.45) is 5.75. The van der Waals surface area contributed by atoms with Gasteiger partial charge in [-0.1, -0.05) is 0 Å². The maximum Gasteiger partial charge on any atom is 0.171 e. The highest BCUT2D eigenvalue weighted by Crippen LogP contribution is 2.25. The monoisotopic (exact) mass is 222 g/mol. The number of hydrogen-bond donors (Lipinski definition) is 2. The first kappa shape index (κ1) is 11.1. The van der Waals surface area contributed by atoms with Crippen molar-refractivity contribution in [2.45, 2.75) is 31.8 Å². The van der Waals surface area contributed by atoms with E-state index in [9.17, 15) is 5.11 Å². The summed E-state index contributed by atoms with van der Waals surface area (Å²) in [6.45, 7) is 3.53. The van der Waals surface area contributed by atoms with Crippen LogP contribution in [0.5, 0.6) is 0 Å². The number of nitrogens with two attached hydrogens (primary N) is 1. The minimum absolute atomic E-state index is 0.462. The van der Waals surface area contributed by atoms with Crippen molar-refractivity contribution < 1.29 is 5.11 Å². The number of nitrogen functional groups attached to an aromatic ring is 1. The summed E-state index contributed by atoms with van der Waals surface area (Å²) in [5, 5.41) is 9.99. The Labute approximate surface area is 95.3 Å². The van der Waals surface area contributed by atoms with Gasteiger partial charge in [0.1, 0.15) is 0 Å². The Morgan fingerprint density at radius 1 is 1.31 bits per heavy atom. The minimum atomic E-state index is -0.564. The molecule has 1 unspecified atom stereocenters. The Balaban J connectivity index is 2.14. The van der Waals surface area contributed by atoms with Crippen LogP contribution in [0.4, 0.5) is 11.6 Å². The Hall–Kier alpha value is -1.36. The SMILES string of the molecule is CC1(O)CCCN(c2nccnc2N)CC1. The van der Waals surface area contributed by atoms with Gasteiger partial charge in [0.15, 0.2) is 11.6 Å². The molecule has 5 heteroatoms. The Morgan fingerprint density at radius 3 is 2.81 bits per heavy atom. The molecule has 16 heavy (non-hydrogen) atoms. The largest absolute Gasteiger partial charge is 0.390 e. The molecule has 1 aromatic rings. The summed E-state index contributed by atoms with van der Waals surface area (Å²) < 4.78 is 0. The summed E-state index contributed by atoms with van der Waals surface area (Å²) in [6, 6.07) is 0. The number of anilines is 2. The van der Waals surface area contributed by atoms with E-state index in [1.54, 1.807) is 12.4 Å². The molecule has 88 valence electrons. The molecule has 2 heterocycles. The second kappa shape index (κ2) is 4.25. The molecule has 0 saturated carbocycles. The molecule has 1 aromatic heterocycles. The van der Waals surface area contributed by atoms with Crippen molar-refractivity contribution in [2.24, 2.45) is 0 Å². The van der Waals surface area contributed by atoms with E-state index in [0.717, 1.165) is 38.2 Å². The van der Waals surface area contributed by atoms with Crippen molar-refractivity contribution in [3.63, 3.8) is 0 Å². The van der Waals surface area contributed by atoms with Crippen LogP contribution in [0.15, 0.2) is 12.4 Å². The summed E-state index contributed by atoms with van der Waals surface area (Å²) in [5.41, 5.74) is 5.23. The number of aliphatic hydroxyl groups is 1. The second-order valence-corrected chi connectivity index (χ2v) is 4.60. The van der Waals surface area contributed by atoms with Crippen molar-refractivity contribution in [1.82, 2.24) is 9.97 Å². The van der Waals surface area contributed by atoms with E-state index < -0.39 is 5.60 Å². The molecule has 0 bridgehead atoms. The van der Waals surface area contributed by atoms with Gasteiger partial charge >= 0.3 is 0 Å². The lowest BCUT2D eigenvalue weighted by molar-refractivity contribution is 0.0481. The zero-order valence-corrected chi connectivity index (χ0v) is 9.56. The topological polar surface area (TPSA) is 75.3 Å². The van der Waals surface area contributed by atoms with Crippen LogP contribution in [0.25, 0.3) is 0 Å². The van der Waals surface area contributed by atoms with Crippen LogP contribution in [-0.4, -0.2) is 33.8 Å². The molecule has 1 saturated heterocycles.